The summed E-state index contributed by atoms with van der Waals surface area (Å²) in [5.74, 6) is -0.743. The zero-order chi connectivity index (χ0) is 11.6. The van der Waals surface area contributed by atoms with Crippen LogP contribution in [0.1, 0.15) is 27.2 Å². The van der Waals surface area contributed by atoms with Crippen molar-refractivity contribution in [3.05, 3.63) is 10.6 Å². The molecule has 0 aliphatic carbocycles. The molecule has 0 spiro atoms. The number of carboxylic acids is 1. The number of rotatable bonds is 3. The van der Waals surface area contributed by atoms with E-state index in [2.05, 4.69) is 0 Å². The topological polar surface area (TPSA) is 57.6 Å². The molecule has 1 rings (SSSR count). The molecular formula is C10H15NO3S. The van der Waals surface area contributed by atoms with Crippen LogP contribution in [-0.4, -0.2) is 33.7 Å². The van der Waals surface area contributed by atoms with E-state index in [9.17, 15) is 9.59 Å². The van der Waals surface area contributed by atoms with Gasteiger partial charge in [-0.25, -0.2) is 4.79 Å². The minimum absolute atomic E-state index is 0.121. The van der Waals surface area contributed by atoms with E-state index in [0.717, 1.165) is 17.0 Å². The summed E-state index contributed by atoms with van der Waals surface area (Å²) in [6.07, 6.45) is 0.840. The molecule has 0 saturated heterocycles. The van der Waals surface area contributed by atoms with Gasteiger partial charge in [0.25, 0.3) is 0 Å². The maximum atomic E-state index is 11.6. The molecule has 1 N–H and O–H groups in total. The van der Waals surface area contributed by atoms with Crippen LogP contribution >= 0.6 is 11.8 Å². The highest BCUT2D eigenvalue weighted by atomic mass is 32.2. The van der Waals surface area contributed by atoms with Crippen molar-refractivity contribution in [2.24, 2.45) is 0 Å². The molecule has 0 saturated carbocycles. The van der Waals surface area contributed by atoms with Crippen molar-refractivity contribution in [3.63, 3.8) is 0 Å². The fraction of sp³-hybridized carbons (Fsp3) is 0.600. The van der Waals surface area contributed by atoms with Crippen LogP contribution in [-0.2, 0) is 9.59 Å². The third-order valence-electron chi connectivity index (χ3n) is 2.47. The van der Waals surface area contributed by atoms with Gasteiger partial charge in [0.2, 0.25) is 5.91 Å². The van der Waals surface area contributed by atoms with E-state index in [0.29, 0.717) is 5.75 Å². The van der Waals surface area contributed by atoms with Crippen molar-refractivity contribution >= 4 is 23.6 Å². The third kappa shape index (κ3) is 2.34. The zero-order valence-corrected chi connectivity index (χ0v) is 9.93. The van der Waals surface area contributed by atoms with Gasteiger partial charge < -0.3 is 10.0 Å². The lowest BCUT2D eigenvalue weighted by Crippen LogP contribution is -2.44. The summed E-state index contributed by atoms with van der Waals surface area (Å²) < 4.78 is 0. The van der Waals surface area contributed by atoms with Crippen LogP contribution in [0.4, 0.5) is 0 Å². The van der Waals surface area contributed by atoms with Gasteiger partial charge in [0, 0.05) is 10.6 Å². The van der Waals surface area contributed by atoms with Crippen LogP contribution < -0.4 is 0 Å². The highest BCUT2D eigenvalue weighted by Crippen LogP contribution is 2.31. The highest BCUT2D eigenvalue weighted by Gasteiger charge is 2.31. The van der Waals surface area contributed by atoms with Crippen molar-refractivity contribution in [2.45, 2.75) is 33.2 Å². The lowest BCUT2D eigenvalue weighted by Gasteiger charge is -2.32. The summed E-state index contributed by atoms with van der Waals surface area (Å²) in [5.41, 5.74) is 0.786. The Balaban J connectivity index is 3.02. The lowest BCUT2D eigenvalue weighted by molar-refractivity contribution is -0.146. The van der Waals surface area contributed by atoms with Gasteiger partial charge in [-0.15, -0.1) is 11.8 Å². The van der Waals surface area contributed by atoms with Gasteiger partial charge in [-0.1, -0.05) is 6.92 Å². The van der Waals surface area contributed by atoms with Crippen molar-refractivity contribution in [2.75, 3.05) is 5.75 Å². The first-order valence-electron chi connectivity index (χ1n) is 4.86. The number of allylic oxidation sites excluding steroid dienone is 2. The van der Waals surface area contributed by atoms with Crippen molar-refractivity contribution in [1.29, 1.82) is 0 Å². The number of carboxylic acid groups (broad SMARTS) is 1. The second kappa shape index (κ2) is 4.70. The van der Waals surface area contributed by atoms with Gasteiger partial charge in [0.15, 0.2) is 0 Å². The summed E-state index contributed by atoms with van der Waals surface area (Å²) in [4.78, 5) is 25.0. The first-order chi connectivity index (χ1) is 6.99. The van der Waals surface area contributed by atoms with Crippen molar-refractivity contribution < 1.29 is 14.7 Å². The Hall–Kier alpha value is -0.970. The average Bonchev–Trinajstić information content (AvgIpc) is 2.17. The summed E-state index contributed by atoms with van der Waals surface area (Å²) in [7, 11) is 0. The number of hydrogen-bond donors (Lipinski definition) is 1. The zero-order valence-electron chi connectivity index (χ0n) is 9.11. The molecule has 1 atom stereocenters. The summed E-state index contributed by atoms with van der Waals surface area (Å²) in [5, 5.41) is 8.91. The van der Waals surface area contributed by atoms with Gasteiger partial charge >= 0.3 is 5.97 Å². The van der Waals surface area contributed by atoms with E-state index in [4.69, 9.17) is 5.11 Å². The summed E-state index contributed by atoms with van der Waals surface area (Å²) >= 11 is 1.51. The Labute approximate surface area is 93.3 Å². The van der Waals surface area contributed by atoms with Gasteiger partial charge in [-0.05, 0) is 20.3 Å². The highest BCUT2D eigenvalue weighted by molar-refractivity contribution is 8.03. The van der Waals surface area contributed by atoms with E-state index in [1.165, 1.54) is 23.6 Å². The van der Waals surface area contributed by atoms with E-state index in [1.807, 2.05) is 13.8 Å². The molecule has 0 aromatic carbocycles. The molecule has 1 unspecified atom stereocenters. The lowest BCUT2D eigenvalue weighted by atomic mass is 10.2. The molecule has 1 amide bonds. The minimum atomic E-state index is -0.968. The van der Waals surface area contributed by atoms with Crippen molar-refractivity contribution in [3.8, 4) is 0 Å². The summed E-state index contributed by atoms with van der Waals surface area (Å²) in [6, 6.07) is -0.778. The fourth-order valence-electron chi connectivity index (χ4n) is 1.62. The molecule has 84 valence electrons. The molecule has 1 heterocycles. The van der Waals surface area contributed by atoms with Gasteiger partial charge in [-0.3, -0.25) is 4.79 Å². The first kappa shape index (κ1) is 12.1. The average molecular weight is 229 g/mol. The Bertz CT molecular complexity index is 325. The van der Waals surface area contributed by atoms with Crippen LogP contribution in [0.2, 0.25) is 0 Å². The van der Waals surface area contributed by atoms with E-state index in [1.54, 1.807) is 0 Å². The summed E-state index contributed by atoms with van der Waals surface area (Å²) in [6.45, 7) is 5.35. The largest absolute Gasteiger partial charge is 0.480 e. The molecule has 0 aromatic heterocycles. The second-order valence-electron chi connectivity index (χ2n) is 3.43. The third-order valence-corrected chi connectivity index (χ3v) is 3.79. The first-order valence-corrected chi connectivity index (χ1v) is 5.85. The molecule has 1 aliphatic heterocycles. The maximum Gasteiger partial charge on any atom is 0.326 e. The van der Waals surface area contributed by atoms with E-state index >= 15 is 0 Å². The van der Waals surface area contributed by atoms with E-state index < -0.39 is 12.0 Å². The SMILES string of the molecule is CCC1=C(C)N(C(C)C(=O)O)C(=O)CS1. The van der Waals surface area contributed by atoms with Gasteiger partial charge in [0.05, 0.1) is 5.75 Å². The normalized spacial score (nSPS) is 19.4. The van der Waals surface area contributed by atoms with Crippen LogP contribution in [0.5, 0.6) is 0 Å². The Morgan fingerprint density at radius 3 is 2.73 bits per heavy atom. The van der Waals surface area contributed by atoms with Gasteiger partial charge in [-0.2, -0.15) is 0 Å². The predicted octanol–water partition coefficient (Wildman–Crippen LogP) is 1.68. The number of amides is 1. The fourth-order valence-corrected chi connectivity index (χ4v) is 2.57. The monoisotopic (exact) mass is 229 g/mol. The van der Waals surface area contributed by atoms with Gasteiger partial charge in [0.1, 0.15) is 6.04 Å². The number of thioether (sulfide) groups is 1. The number of nitrogens with zero attached hydrogens (tertiary/aromatic N) is 1. The molecule has 5 heteroatoms. The number of hydrogen-bond acceptors (Lipinski definition) is 3. The molecule has 15 heavy (non-hydrogen) atoms. The Kier molecular flexibility index (Phi) is 3.79. The quantitative estimate of drug-likeness (QED) is 0.800. The van der Waals surface area contributed by atoms with E-state index in [-0.39, 0.29) is 5.91 Å². The maximum absolute atomic E-state index is 11.6. The van der Waals surface area contributed by atoms with Crippen LogP contribution in [0.25, 0.3) is 0 Å². The molecule has 4 nitrogen and oxygen atoms in total. The molecule has 0 bridgehead atoms. The number of aliphatic carboxylic acids is 1. The van der Waals surface area contributed by atoms with Crippen LogP contribution in [0, 0.1) is 0 Å². The molecular weight excluding hydrogens is 214 g/mol. The number of carbonyl (C=O) groups excluding carboxylic acids is 1. The number of carbonyl (C=O) groups is 2. The predicted molar refractivity (Wildman–Crippen MR) is 59.4 cm³/mol. The minimum Gasteiger partial charge on any atom is -0.480 e. The smallest absolute Gasteiger partial charge is 0.326 e. The standard InChI is InChI=1S/C10H15NO3S/c1-4-8-6(2)11(7(3)10(13)14)9(12)5-15-8/h7H,4-5H2,1-3H3,(H,13,14). The Morgan fingerprint density at radius 1 is 1.67 bits per heavy atom. The Morgan fingerprint density at radius 2 is 2.27 bits per heavy atom. The second-order valence-corrected chi connectivity index (χ2v) is 4.50. The molecule has 1 aliphatic rings. The van der Waals surface area contributed by atoms with Crippen LogP contribution in [0.15, 0.2) is 10.6 Å². The molecule has 0 fully saturated rings. The molecule has 0 aromatic rings. The van der Waals surface area contributed by atoms with Crippen LogP contribution in [0.3, 0.4) is 0 Å². The molecule has 0 radical (unpaired) electrons. The van der Waals surface area contributed by atoms with Crippen molar-refractivity contribution in [1.82, 2.24) is 4.90 Å².